The largest absolute Gasteiger partial charge is 0.332 e. The highest BCUT2D eigenvalue weighted by Gasteiger charge is 2.41. The molecule has 5 heteroatoms. The predicted molar refractivity (Wildman–Crippen MR) is 39.7 cm³/mol. The number of carbonyl (C=O) groups is 1. The maximum absolute atomic E-state index is 10.7. The zero-order chi connectivity index (χ0) is 7.14. The van der Waals surface area contributed by atoms with E-state index < -0.39 is 0 Å². The molecule has 4 nitrogen and oxygen atoms in total. The number of hydrogen-bond acceptors (Lipinski definition) is 3. The predicted octanol–water partition coefficient (Wildman–Crippen LogP) is -0.932. The van der Waals surface area contributed by atoms with Crippen LogP contribution in [0.2, 0.25) is 0 Å². The first-order chi connectivity index (χ1) is 4.77. The molecule has 2 amide bonds. The number of carbonyl (C=O) groups excluding carboxylic acids is 1. The normalized spacial score (nSPS) is 44.5. The second-order valence-electron chi connectivity index (χ2n) is 2.55. The van der Waals surface area contributed by atoms with E-state index in [1.54, 1.807) is 11.8 Å². The molecule has 2 fully saturated rings. The van der Waals surface area contributed by atoms with Crippen LogP contribution >= 0.6 is 11.8 Å². The number of nitrogens with one attached hydrogen (secondary N) is 2. The summed E-state index contributed by atoms with van der Waals surface area (Å²) in [7, 11) is 0. The highest BCUT2D eigenvalue weighted by atomic mass is 32.2. The van der Waals surface area contributed by atoms with Gasteiger partial charge in [0.15, 0.2) is 0 Å². The van der Waals surface area contributed by atoms with Crippen molar-refractivity contribution < 1.29 is 4.79 Å². The van der Waals surface area contributed by atoms with Gasteiger partial charge in [-0.15, -0.1) is 11.8 Å². The molecule has 4 N–H and O–H groups in total. The molecule has 0 aromatic rings. The lowest BCUT2D eigenvalue weighted by Crippen LogP contribution is -2.41. The zero-order valence-electron chi connectivity index (χ0n) is 5.33. The quantitative estimate of drug-likeness (QED) is 0.400. The van der Waals surface area contributed by atoms with Crippen LogP contribution in [0.25, 0.3) is 0 Å². The minimum absolute atomic E-state index is 0.0731. The van der Waals surface area contributed by atoms with Crippen LogP contribution in [0.4, 0.5) is 4.79 Å². The molecule has 0 aromatic heterocycles. The highest BCUT2D eigenvalue weighted by molar-refractivity contribution is 8.00. The average Bonchev–Trinajstić information content (AvgIpc) is 2.35. The first-order valence-corrected chi connectivity index (χ1v) is 4.26. The molecular formula is C5H9N3OS. The number of fused-ring (bicyclic) bond motifs is 1. The molecule has 0 aromatic carbocycles. The summed E-state index contributed by atoms with van der Waals surface area (Å²) in [5.41, 5.74) is 5.69. The van der Waals surface area contributed by atoms with E-state index in [4.69, 9.17) is 5.73 Å². The number of hydrogen-bond donors (Lipinski definition) is 3. The summed E-state index contributed by atoms with van der Waals surface area (Å²) in [6.07, 6.45) is 0. The van der Waals surface area contributed by atoms with Crippen LogP contribution in [-0.2, 0) is 0 Å². The van der Waals surface area contributed by atoms with Gasteiger partial charge in [-0.05, 0) is 0 Å². The molecule has 0 unspecified atom stereocenters. The number of rotatable bonds is 0. The molecule has 56 valence electrons. The van der Waals surface area contributed by atoms with Crippen LogP contribution in [0, 0.1) is 0 Å². The maximum atomic E-state index is 10.7. The average molecular weight is 159 g/mol. The van der Waals surface area contributed by atoms with Crippen molar-refractivity contribution in [3.05, 3.63) is 0 Å². The Labute approximate surface area is 62.9 Å². The van der Waals surface area contributed by atoms with Gasteiger partial charge in [0.2, 0.25) is 0 Å². The second-order valence-corrected chi connectivity index (χ2v) is 3.76. The number of urea groups is 1. The van der Waals surface area contributed by atoms with Crippen LogP contribution in [0.15, 0.2) is 0 Å². The van der Waals surface area contributed by atoms with Gasteiger partial charge < -0.3 is 16.4 Å². The first kappa shape index (κ1) is 6.30. The molecule has 2 saturated heterocycles. The fraction of sp³-hybridized carbons (Fsp3) is 0.800. The molecule has 0 spiro atoms. The van der Waals surface area contributed by atoms with E-state index in [1.165, 1.54) is 0 Å². The maximum Gasteiger partial charge on any atom is 0.315 e. The lowest BCUT2D eigenvalue weighted by Gasteiger charge is -2.09. The van der Waals surface area contributed by atoms with E-state index in [0.717, 1.165) is 5.75 Å². The van der Waals surface area contributed by atoms with Gasteiger partial charge in [-0.1, -0.05) is 0 Å². The Kier molecular flexibility index (Phi) is 1.28. The Morgan fingerprint density at radius 3 is 3.10 bits per heavy atom. The monoisotopic (exact) mass is 159 g/mol. The Morgan fingerprint density at radius 2 is 2.40 bits per heavy atom. The molecule has 0 radical (unpaired) electrons. The summed E-state index contributed by atoms with van der Waals surface area (Å²) >= 11 is 1.69. The van der Waals surface area contributed by atoms with Gasteiger partial charge in [0.05, 0.1) is 17.5 Å². The van der Waals surface area contributed by atoms with Gasteiger partial charge in [0.25, 0.3) is 0 Å². The first-order valence-electron chi connectivity index (χ1n) is 3.21. The molecular weight excluding hydrogens is 150 g/mol. The van der Waals surface area contributed by atoms with E-state index in [1.807, 2.05) is 0 Å². The third-order valence-electron chi connectivity index (χ3n) is 1.87. The van der Waals surface area contributed by atoms with Crippen molar-refractivity contribution >= 4 is 17.8 Å². The van der Waals surface area contributed by atoms with Gasteiger partial charge in [-0.25, -0.2) is 4.79 Å². The Balaban J connectivity index is 2.12. The highest BCUT2D eigenvalue weighted by Crippen LogP contribution is 2.25. The standard InChI is InChI=1S/C5H9N3OS/c6-4-3-2(1-10-4)7-5(9)8-3/h2-4H,1,6H2,(H2,7,8,9)/t2-,3-,4+/m0/s1. The van der Waals surface area contributed by atoms with Crippen LogP contribution < -0.4 is 16.4 Å². The van der Waals surface area contributed by atoms with Crippen LogP contribution in [0.3, 0.4) is 0 Å². The van der Waals surface area contributed by atoms with Crippen molar-refractivity contribution in [2.45, 2.75) is 17.5 Å². The lowest BCUT2D eigenvalue weighted by atomic mass is 10.2. The molecule has 0 bridgehead atoms. The SMILES string of the molecule is N[C@@H]1SC[C@@H]2NC(=O)N[C@@H]21. The number of amides is 2. The van der Waals surface area contributed by atoms with E-state index in [9.17, 15) is 4.79 Å². The lowest BCUT2D eigenvalue weighted by molar-refractivity contribution is 0.247. The van der Waals surface area contributed by atoms with Crippen molar-refractivity contribution in [1.29, 1.82) is 0 Å². The fourth-order valence-corrected chi connectivity index (χ4v) is 2.51. The summed E-state index contributed by atoms with van der Waals surface area (Å²) in [4.78, 5) is 10.7. The number of nitrogens with two attached hydrogens (primary N) is 1. The van der Waals surface area contributed by atoms with Crippen molar-refractivity contribution in [3.63, 3.8) is 0 Å². The van der Waals surface area contributed by atoms with Gasteiger partial charge in [-0.2, -0.15) is 0 Å². The van der Waals surface area contributed by atoms with Gasteiger partial charge >= 0.3 is 6.03 Å². The minimum Gasteiger partial charge on any atom is -0.332 e. The molecule has 2 aliphatic heterocycles. The zero-order valence-corrected chi connectivity index (χ0v) is 6.15. The molecule has 2 aliphatic rings. The molecule has 0 saturated carbocycles. The van der Waals surface area contributed by atoms with Crippen LogP contribution in [0.5, 0.6) is 0 Å². The summed E-state index contributed by atoms with van der Waals surface area (Å²) in [6, 6.07) is 0.329. The minimum atomic E-state index is -0.0780. The summed E-state index contributed by atoms with van der Waals surface area (Å²) in [5.74, 6) is 0.935. The molecule has 3 atom stereocenters. The Hall–Kier alpha value is -0.420. The Morgan fingerprint density at radius 1 is 1.60 bits per heavy atom. The van der Waals surface area contributed by atoms with Crippen molar-refractivity contribution in [2.75, 3.05) is 5.75 Å². The van der Waals surface area contributed by atoms with Crippen LogP contribution in [-0.4, -0.2) is 29.2 Å². The van der Waals surface area contributed by atoms with Crippen LogP contribution in [0.1, 0.15) is 0 Å². The molecule has 10 heavy (non-hydrogen) atoms. The Bertz CT molecular complexity index is 174. The van der Waals surface area contributed by atoms with Gasteiger partial charge in [-0.3, -0.25) is 0 Å². The van der Waals surface area contributed by atoms with Crippen molar-refractivity contribution in [1.82, 2.24) is 10.6 Å². The van der Waals surface area contributed by atoms with E-state index in [0.29, 0.717) is 0 Å². The fourth-order valence-electron chi connectivity index (χ4n) is 1.33. The summed E-state index contributed by atoms with van der Waals surface area (Å²) in [5, 5.41) is 5.64. The number of thioether (sulfide) groups is 1. The summed E-state index contributed by atoms with van der Waals surface area (Å²) < 4.78 is 0. The van der Waals surface area contributed by atoms with Crippen molar-refractivity contribution in [3.8, 4) is 0 Å². The smallest absolute Gasteiger partial charge is 0.315 e. The third-order valence-corrected chi connectivity index (χ3v) is 3.10. The molecule has 2 heterocycles. The van der Waals surface area contributed by atoms with E-state index in [-0.39, 0.29) is 23.5 Å². The molecule has 2 rings (SSSR count). The third kappa shape index (κ3) is 0.775. The topological polar surface area (TPSA) is 67.1 Å². The van der Waals surface area contributed by atoms with Gasteiger partial charge in [0, 0.05) is 5.75 Å². The van der Waals surface area contributed by atoms with Gasteiger partial charge in [0.1, 0.15) is 0 Å². The second kappa shape index (κ2) is 2.03. The molecule has 0 aliphatic carbocycles. The summed E-state index contributed by atoms with van der Waals surface area (Å²) in [6.45, 7) is 0. The van der Waals surface area contributed by atoms with Crippen molar-refractivity contribution in [2.24, 2.45) is 5.73 Å². The van der Waals surface area contributed by atoms with E-state index >= 15 is 0 Å². The van der Waals surface area contributed by atoms with E-state index in [2.05, 4.69) is 10.6 Å².